The monoisotopic (exact) mass is 394 g/mol. The number of carbonyl (C=O) groups is 2. The Morgan fingerprint density at radius 2 is 1.87 bits per heavy atom. The Kier molecular flexibility index (Phi) is 6.19. The van der Waals surface area contributed by atoms with Gasteiger partial charge in [0.2, 0.25) is 11.8 Å². The maximum absolute atomic E-state index is 11.9. The van der Waals surface area contributed by atoms with E-state index < -0.39 is 0 Å². The quantitative estimate of drug-likeness (QED) is 0.750. The molecule has 0 aliphatic heterocycles. The van der Waals surface area contributed by atoms with Crippen LogP contribution in [-0.2, 0) is 16.1 Å². The van der Waals surface area contributed by atoms with E-state index in [1.807, 2.05) is 31.2 Å². The zero-order valence-electron chi connectivity index (χ0n) is 12.5. The molecule has 4 nitrogen and oxygen atoms in total. The topological polar surface area (TPSA) is 58.2 Å². The number of aryl methyl sites for hydroxylation is 1. The van der Waals surface area contributed by atoms with Crippen LogP contribution in [-0.4, -0.2) is 11.8 Å². The minimum atomic E-state index is -0.364. The Morgan fingerprint density at radius 3 is 2.57 bits per heavy atom. The molecule has 0 heterocycles. The molecule has 0 saturated heterocycles. The van der Waals surface area contributed by atoms with Gasteiger partial charge in [0.25, 0.3) is 0 Å². The largest absolute Gasteiger partial charge is 0.352 e. The summed E-state index contributed by atoms with van der Waals surface area (Å²) in [6.45, 7) is 2.25. The first-order chi connectivity index (χ1) is 11.0. The lowest BCUT2D eigenvalue weighted by molar-refractivity contribution is -0.126. The predicted octanol–water partition coefficient (Wildman–Crippen LogP) is 4.06. The van der Waals surface area contributed by atoms with Crippen LogP contribution in [0.5, 0.6) is 0 Å². The van der Waals surface area contributed by atoms with E-state index >= 15 is 0 Å². The number of hydrogen-bond donors (Lipinski definition) is 2. The van der Waals surface area contributed by atoms with E-state index in [9.17, 15) is 9.59 Å². The molecule has 0 aromatic heterocycles. The van der Waals surface area contributed by atoms with E-state index in [1.165, 1.54) is 0 Å². The van der Waals surface area contributed by atoms with Gasteiger partial charge in [-0.3, -0.25) is 9.59 Å². The number of nitrogens with one attached hydrogen (secondary N) is 2. The third kappa shape index (κ3) is 5.37. The molecule has 0 spiro atoms. The van der Waals surface area contributed by atoms with Crippen molar-refractivity contribution < 1.29 is 9.59 Å². The highest BCUT2D eigenvalue weighted by molar-refractivity contribution is 9.10. The highest BCUT2D eigenvalue weighted by Gasteiger charge is 2.10. The van der Waals surface area contributed by atoms with Gasteiger partial charge in [0.15, 0.2) is 0 Å². The summed E-state index contributed by atoms with van der Waals surface area (Å²) in [7, 11) is 0. The number of benzene rings is 2. The molecular weight excluding hydrogens is 380 g/mol. The first-order valence-electron chi connectivity index (χ1n) is 7.02. The number of carbonyl (C=O) groups excluding carboxylic acids is 2. The number of hydrogen-bond acceptors (Lipinski definition) is 2. The molecule has 0 saturated carbocycles. The van der Waals surface area contributed by atoms with Crippen LogP contribution < -0.4 is 10.6 Å². The lowest BCUT2D eigenvalue weighted by Crippen LogP contribution is -2.27. The third-order valence-corrected chi connectivity index (χ3v) is 4.43. The average Bonchev–Trinajstić information content (AvgIpc) is 2.50. The second-order valence-corrected chi connectivity index (χ2v) is 6.32. The number of halogens is 2. The van der Waals surface area contributed by atoms with Crippen molar-refractivity contribution in [3.63, 3.8) is 0 Å². The van der Waals surface area contributed by atoms with Crippen LogP contribution in [0.15, 0.2) is 46.9 Å². The van der Waals surface area contributed by atoms with E-state index in [1.54, 1.807) is 18.2 Å². The molecule has 2 N–H and O–H groups in total. The normalized spacial score (nSPS) is 10.2. The Bertz CT molecular complexity index is 734. The van der Waals surface area contributed by atoms with Crippen molar-refractivity contribution in [2.45, 2.75) is 19.9 Å². The smallest absolute Gasteiger partial charge is 0.233 e. The second-order valence-electron chi connectivity index (χ2n) is 5.06. The highest BCUT2D eigenvalue weighted by Crippen LogP contribution is 2.20. The van der Waals surface area contributed by atoms with Gasteiger partial charge in [-0.1, -0.05) is 51.8 Å². The fourth-order valence-electron chi connectivity index (χ4n) is 1.92. The van der Waals surface area contributed by atoms with Crippen LogP contribution in [0, 0.1) is 6.92 Å². The summed E-state index contributed by atoms with van der Waals surface area (Å²) in [6.07, 6.45) is -0.240. The van der Waals surface area contributed by atoms with E-state index in [-0.39, 0.29) is 18.2 Å². The van der Waals surface area contributed by atoms with Gasteiger partial charge in [-0.2, -0.15) is 0 Å². The van der Waals surface area contributed by atoms with Gasteiger partial charge in [-0.05, 0) is 36.2 Å². The van der Waals surface area contributed by atoms with Crippen LogP contribution in [0.3, 0.4) is 0 Å². The van der Waals surface area contributed by atoms with Crippen molar-refractivity contribution >= 4 is 45.0 Å². The summed E-state index contributed by atoms with van der Waals surface area (Å²) < 4.78 is 0.901. The maximum Gasteiger partial charge on any atom is 0.233 e. The van der Waals surface area contributed by atoms with E-state index in [4.69, 9.17) is 11.6 Å². The summed E-state index contributed by atoms with van der Waals surface area (Å²) in [4.78, 5) is 23.7. The average molecular weight is 396 g/mol. The van der Waals surface area contributed by atoms with Crippen molar-refractivity contribution in [3.05, 3.63) is 63.1 Å². The van der Waals surface area contributed by atoms with Crippen molar-refractivity contribution in [3.8, 4) is 0 Å². The van der Waals surface area contributed by atoms with E-state index in [0.29, 0.717) is 17.3 Å². The fourth-order valence-corrected chi connectivity index (χ4v) is 2.50. The summed E-state index contributed by atoms with van der Waals surface area (Å²) in [5.74, 6) is -0.717. The minimum Gasteiger partial charge on any atom is -0.352 e. The van der Waals surface area contributed by atoms with E-state index in [2.05, 4.69) is 26.6 Å². The number of rotatable bonds is 5. The molecule has 120 valence electrons. The summed E-state index contributed by atoms with van der Waals surface area (Å²) in [5.41, 5.74) is 2.53. The van der Waals surface area contributed by atoms with Crippen LogP contribution >= 0.6 is 27.5 Å². The second kappa shape index (κ2) is 8.13. The molecular formula is C17H16BrClN2O2. The molecule has 2 aromatic carbocycles. The maximum atomic E-state index is 11.9. The first-order valence-corrected chi connectivity index (χ1v) is 8.19. The van der Waals surface area contributed by atoms with Crippen molar-refractivity contribution in [1.29, 1.82) is 0 Å². The summed E-state index contributed by atoms with van der Waals surface area (Å²) in [5, 5.41) is 5.96. The molecule has 0 aliphatic rings. The molecule has 0 atom stereocenters. The molecule has 6 heteroatoms. The zero-order valence-corrected chi connectivity index (χ0v) is 14.9. The van der Waals surface area contributed by atoms with Crippen LogP contribution in [0.25, 0.3) is 0 Å². The molecule has 2 amide bonds. The number of anilines is 1. The lowest BCUT2D eigenvalue weighted by Gasteiger charge is -2.08. The van der Waals surface area contributed by atoms with Gasteiger partial charge in [-0.25, -0.2) is 0 Å². The summed E-state index contributed by atoms with van der Waals surface area (Å²) in [6, 6.07) is 12.7. The Balaban J connectivity index is 1.84. The molecule has 0 radical (unpaired) electrons. The highest BCUT2D eigenvalue weighted by atomic mass is 79.9. The molecule has 0 unspecified atom stereocenters. The zero-order chi connectivity index (χ0) is 16.8. The molecule has 0 aliphatic carbocycles. The van der Waals surface area contributed by atoms with Gasteiger partial charge in [-0.15, -0.1) is 0 Å². The molecule has 0 fully saturated rings. The molecule has 2 rings (SSSR count). The van der Waals surface area contributed by atoms with Crippen molar-refractivity contribution in [2.75, 3.05) is 5.32 Å². The lowest BCUT2D eigenvalue weighted by atomic mass is 10.2. The Labute approximate surface area is 148 Å². The number of amides is 2. The standard InChI is InChI=1S/C17H16BrClN2O2/c1-11-6-7-13(8-14(11)18)21-17(23)9-16(22)20-10-12-4-2-3-5-15(12)19/h2-8H,9-10H2,1H3,(H,20,22)(H,21,23). The molecule has 2 aromatic rings. The van der Waals surface area contributed by atoms with Crippen molar-refractivity contribution in [2.24, 2.45) is 0 Å². The fraction of sp³-hybridized carbons (Fsp3) is 0.176. The first kappa shape index (κ1) is 17.5. The SMILES string of the molecule is Cc1ccc(NC(=O)CC(=O)NCc2ccccc2Cl)cc1Br. The third-order valence-electron chi connectivity index (χ3n) is 3.21. The van der Waals surface area contributed by atoms with Crippen molar-refractivity contribution in [1.82, 2.24) is 5.32 Å². The molecule has 0 bridgehead atoms. The van der Waals surface area contributed by atoms with Gasteiger partial charge in [0.05, 0.1) is 0 Å². The van der Waals surface area contributed by atoms with Gasteiger partial charge in [0.1, 0.15) is 6.42 Å². The molecule has 23 heavy (non-hydrogen) atoms. The van der Waals surface area contributed by atoms with Crippen LogP contribution in [0.2, 0.25) is 5.02 Å². The minimum absolute atomic E-state index is 0.240. The van der Waals surface area contributed by atoms with Gasteiger partial charge < -0.3 is 10.6 Å². The van der Waals surface area contributed by atoms with E-state index in [0.717, 1.165) is 15.6 Å². The Morgan fingerprint density at radius 1 is 1.13 bits per heavy atom. The Hall–Kier alpha value is -1.85. The van der Waals surface area contributed by atoms with Gasteiger partial charge in [0, 0.05) is 21.7 Å². The predicted molar refractivity (Wildman–Crippen MR) is 95.4 cm³/mol. The van der Waals surface area contributed by atoms with Crippen LogP contribution in [0.4, 0.5) is 5.69 Å². The van der Waals surface area contributed by atoms with Crippen LogP contribution in [0.1, 0.15) is 17.5 Å². The van der Waals surface area contributed by atoms with Gasteiger partial charge >= 0.3 is 0 Å². The summed E-state index contributed by atoms with van der Waals surface area (Å²) >= 11 is 9.41.